The van der Waals surface area contributed by atoms with Gasteiger partial charge in [0, 0.05) is 18.8 Å². The number of carboxylic acids is 1. The van der Waals surface area contributed by atoms with Crippen molar-refractivity contribution in [3.63, 3.8) is 0 Å². The molecule has 0 aliphatic carbocycles. The third kappa shape index (κ3) is 6.22. The van der Waals surface area contributed by atoms with Crippen LogP contribution >= 0.6 is 11.3 Å². The van der Waals surface area contributed by atoms with Gasteiger partial charge in [-0.1, -0.05) is 37.3 Å². The lowest BCUT2D eigenvalue weighted by molar-refractivity contribution is -0.137. The predicted octanol–water partition coefficient (Wildman–Crippen LogP) is 3.46. The Morgan fingerprint density at radius 3 is 2.48 bits per heavy atom. The summed E-state index contributed by atoms with van der Waals surface area (Å²) in [5.74, 6) is -1.87. The zero-order chi connectivity index (χ0) is 18.4. The van der Waals surface area contributed by atoms with Gasteiger partial charge in [0.15, 0.2) is 0 Å². The molecule has 6 nitrogen and oxygen atoms in total. The molecule has 0 saturated carbocycles. The van der Waals surface area contributed by atoms with Gasteiger partial charge in [0.05, 0.1) is 6.42 Å². The number of aliphatic carboxylic acids is 1. The smallest absolute Gasteiger partial charge is 0.303 e. The Morgan fingerprint density at radius 2 is 1.88 bits per heavy atom. The molecule has 1 atom stereocenters. The Balaban J connectivity index is 2.02. The minimum absolute atomic E-state index is 0.0307. The normalized spacial score (nSPS) is 12.2. The van der Waals surface area contributed by atoms with E-state index >= 15 is 0 Å². The SMILES string of the molecule is CC(C)Cc1nnc(NC(=O)CC(CC(=O)O)c2ccc(F)cc2)s1. The number of benzene rings is 1. The molecule has 25 heavy (non-hydrogen) atoms. The van der Waals surface area contributed by atoms with Crippen molar-refractivity contribution in [2.45, 2.75) is 39.0 Å². The van der Waals surface area contributed by atoms with Gasteiger partial charge in [0.1, 0.15) is 10.8 Å². The molecule has 0 radical (unpaired) electrons. The van der Waals surface area contributed by atoms with Crippen molar-refractivity contribution in [1.29, 1.82) is 0 Å². The Kier molecular flexibility index (Phi) is 6.58. The van der Waals surface area contributed by atoms with E-state index in [0.717, 1.165) is 11.4 Å². The average molecular weight is 365 g/mol. The molecule has 0 saturated heterocycles. The number of rotatable bonds is 8. The number of halogens is 1. The predicted molar refractivity (Wildman–Crippen MR) is 93.1 cm³/mol. The lowest BCUT2D eigenvalue weighted by Gasteiger charge is -2.14. The van der Waals surface area contributed by atoms with Gasteiger partial charge in [-0.3, -0.25) is 9.59 Å². The fourth-order valence-corrected chi connectivity index (χ4v) is 3.35. The summed E-state index contributed by atoms with van der Waals surface area (Å²) in [5, 5.41) is 20.9. The summed E-state index contributed by atoms with van der Waals surface area (Å²) in [4.78, 5) is 23.3. The lowest BCUT2D eigenvalue weighted by atomic mass is 9.92. The van der Waals surface area contributed by atoms with E-state index in [4.69, 9.17) is 5.11 Å². The third-order valence-corrected chi connectivity index (χ3v) is 4.35. The van der Waals surface area contributed by atoms with Crippen molar-refractivity contribution in [3.8, 4) is 0 Å². The van der Waals surface area contributed by atoms with Crippen LogP contribution in [-0.4, -0.2) is 27.2 Å². The fraction of sp³-hybridized carbons (Fsp3) is 0.412. The standard InChI is InChI=1S/C17H20FN3O3S/c1-10(2)7-15-20-21-17(25-15)19-14(22)8-12(9-16(23)24)11-3-5-13(18)6-4-11/h3-6,10,12H,7-9H2,1-2H3,(H,23,24)(H,19,21,22). The van der Waals surface area contributed by atoms with Gasteiger partial charge in [-0.05, 0) is 23.6 Å². The Labute approximate surface area is 149 Å². The van der Waals surface area contributed by atoms with E-state index in [2.05, 4.69) is 29.4 Å². The highest BCUT2D eigenvalue weighted by Crippen LogP contribution is 2.25. The number of carbonyl (C=O) groups excluding carboxylic acids is 1. The van der Waals surface area contributed by atoms with E-state index in [1.807, 2.05) is 0 Å². The number of nitrogens with zero attached hydrogens (tertiary/aromatic N) is 2. The maximum absolute atomic E-state index is 13.0. The van der Waals surface area contributed by atoms with Gasteiger partial charge in [-0.2, -0.15) is 0 Å². The van der Waals surface area contributed by atoms with Gasteiger partial charge < -0.3 is 10.4 Å². The first kappa shape index (κ1) is 19.0. The van der Waals surface area contributed by atoms with E-state index in [0.29, 0.717) is 16.6 Å². The first-order valence-electron chi connectivity index (χ1n) is 7.93. The molecule has 1 heterocycles. The molecule has 134 valence electrons. The molecular weight excluding hydrogens is 345 g/mol. The van der Waals surface area contributed by atoms with E-state index in [1.54, 1.807) is 0 Å². The number of amides is 1. The molecule has 0 fully saturated rings. The molecule has 2 rings (SSSR count). The molecule has 1 aromatic carbocycles. The van der Waals surface area contributed by atoms with E-state index < -0.39 is 17.7 Å². The zero-order valence-corrected chi connectivity index (χ0v) is 14.8. The van der Waals surface area contributed by atoms with Gasteiger partial charge in [-0.15, -0.1) is 10.2 Å². The van der Waals surface area contributed by atoms with Crippen LogP contribution in [0.3, 0.4) is 0 Å². The Morgan fingerprint density at radius 1 is 1.20 bits per heavy atom. The first-order valence-corrected chi connectivity index (χ1v) is 8.74. The van der Waals surface area contributed by atoms with Crippen LogP contribution < -0.4 is 5.32 Å². The van der Waals surface area contributed by atoms with Gasteiger partial charge in [-0.25, -0.2) is 4.39 Å². The van der Waals surface area contributed by atoms with Crippen LogP contribution in [0, 0.1) is 11.7 Å². The molecule has 0 spiro atoms. The van der Waals surface area contributed by atoms with E-state index in [9.17, 15) is 14.0 Å². The largest absolute Gasteiger partial charge is 0.481 e. The molecule has 2 N–H and O–H groups in total. The summed E-state index contributed by atoms with van der Waals surface area (Å²) in [6.45, 7) is 4.14. The van der Waals surface area contributed by atoms with Gasteiger partial charge >= 0.3 is 5.97 Å². The summed E-state index contributed by atoms with van der Waals surface area (Å²) in [7, 11) is 0. The number of hydrogen-bond acceptors (Lipinski definition) is 5. The van der Waals surface area contributed by atoms with Crippen LogP contribution in [0.2, 0.25) is 0 Å². The van der Waals surface area contributed by atoms with E-state index in [-0.39, 0.29) is 18.7 Å². The van der Waals surface area contributed by atoms with E-state index in [1.165, 1.54) is 35.6 Å². The van der Waals surface area contributed by atoms with Crippen LogP contribution in [-0.2, 0) is 16.0 Å². The highest BCUT2D eigenvalue weighted by atomic mass is 32.1. The van der Waals surface area contributed by atoms with Gasteiger partial charge in [0.25, 0.3) is 0 Å². The monoisotopic (exact) mass is 365 g/mol. The molecular formula is C17H20FN3O3S. The van der Waals surface area contributed by atoms with Crippen LogP contribution in [0.4, 0.5) is 9.52 Å². The molecule has 8 heteroatoms. The van der Waals surface area contributed by atoms with Crippen molar-refractivity contribution in [3.05, 3.63) is 40.7 Å². The highest BCUT2D eigenvalue weighted by Gasteiger charge is 2.20. The molecule has 0 aliphatic heterocycles. The summed E-state index contributed by atoms with van der Waals surface area (Å²) >= 11 is 1.31. The fourth-order valence-electron chi connectivity index (χ4n) is 2.38. The zero-order valence-electron chi connectivity index (χ0n) is 14.0. The number of aromatic nitrogens is 2. The van der Waals surface area contributed by atoms with Crippen LogP contribution in [0.25, 0.3) is 0 Å². The average Bonchev–Trinajstić information content (AvgIpc) is 2.93. The molecule has 1 amide bonds. The molecule has 2 aromatic rings. The minimum Gasteiger partial charge on any atom is -0.481 e. The van der Waals surface area contributed by atoms with Crippen molar-refractivity contribution < 1.29 is 19.1 Å². The van der Waals surface area contributed by atoms with Crippen molar-refractivity contribution in [2.75, 3.05) is 5.32 Å². The lowest BCUT2D eigenvalue weighted by Crippen LogP contribution is -2.17. The maximum atomic E-state index is 13.0. The molecule has 1 aromatic heterocycles. The number of nitrogens with one attached hydrogen (secondary N) is 1. The summed E-state index contributed by atoms with van der Waals surface area (Å²) in [6, 6.07) is 5.51. The second-order valence-electron chi connectivity index (χ2n) is 6.20. The number of carboxylic acid groups (broad SMARTS) is 1. The first-order chi connectivity index (χ1) is 11.8. The molecule has 0 bridgehead atoms. The number of anilines is 1. The van der Waals surface area contributed by atoms with Crippen molar-refractivity contribution in [2.24, 2.45) is 5.92 Å². The Bertz CT molecular complexity index is 731. The van der Waals surface area contributed by atoms with Crippen LogP contribution in [0.5, 0.6) is 0 Å². The maximum Gasteiger partial charge on any atom is 0.303 e. The topological polar surface area (TPSA) is 92.2 Å². The van der Waals surface area contributed by atoms with Crippen LogP contribution in [0.15, 0.2) is 24.3 Å². The van der Waals surface area contributed by atoms with Crippen molar-refractivity contribution >= 4 is 28.3 Å². The number of carbonyl (C=O) groups is 2. The Hall–Kier alpha value is -2.35. The van der Waals surface area contributed by atoms with Crippen molar-refractivity contribution in [1.82, 2.24) is 10.2 Å². The second-order valence-corrected chi connectivity index (χ2v) is 7.26. The summed E-state index contributed by atoms with van der Waals surface area (Å²) < 4.78 is 13.0. The quantitative estimate of drug-likeness (QED) is 0.747. The minimum atomic E-state index is -1.02. The second kappa shape index (κ2) is 8.66. The number of hydrogen-bond donors (Lipinski definition) is 2. The molecule has 0 aliphatic rings. The third-order valence-electron chi connectivity index (χ3n) is 3.49. The highest BCUT2D eigenvalue weighted by molar-refractivity contribution is 7.15. The van der Waals surface area contributed by atoms with Crippen LogP contribution in [0.1, 0.15) is 43.2 Å². The molecule has 1 unspecified atom stereocenters. The summed E-state index contributed by atoms with van der Waals surface area (Å²) in [6.07, 6.45) is 0.537. The van der Waals surface area contributed by atoms with Gasteiger partial charge in [0.2, 0.25) is 11.0 Å². The summed E-state index contributed by atoms with van der Waals surface area (Å²) in [5.41, 5.74) is 0.608.